The summed E-state index contributed by atoms with van der Waals surface area (Å²) in [5, 5.41) is 6.74. The molecule has 2 aromatic rings. The van der Waals surface area contributed by atoms with Crippen molar-refractivity contribution >= 4 is 5.91 Å². The van der Waals surface area contributed by atoms with Gasteiger partial charge >= 0.3 is 0 Å². The van der Waals surface area contributed by atoms with E-state index in [4.69, 9.17) is 18.7 Å². The Labute approximate surface area is 144 Å². The fourth-order valence-electron chi connectivity index (χ4n) is 2.35. The third-order valence-corrected chi connectivity index (χ3v) is 3.55. The third-order valence-electron chi connectivity index (χ3n) is 3.55. The molecule has 1 aromatic carbocycles. The van der Waals surface area contributed by atoms with E-state index in [-0.39, 0.29) is 19.2 Å². The lowest BCUT2D eigenvalue weighted by Gasteiger charge is -2.13. The second kappa shape index (κ2) is 7.95. The Morgan fingerprint density at radius 3 is 3.04 bits per heavy atom. The van der Waals surface area contributed by atoms with Crippen LogP contribution in [-0.4, -0.2) is 61.6 Å². The summed E-state index contributed by atoms with van der Waals surface area (Å²) >= 11 is 0. The minimum Gasteiger partial charge on any atom is -0.454 e. The number of aromatic nitrogens is 2. The predicted octanol–water partition coefficient (Wildman–Crippen LogP) is 0.660. The topological polar surface area (TPSA) is 99.0 Å². The highest BCUT2D eigenvalue weighted by Crippen LogP contribution is 2.35. The number of hydrogen-bond acceptors (Lipinski definition) is 8. The van der Waals surface area contributed by atoms with Gasteiger partial charge in [-0.05, 0) is 25.2 Å². The monoisotopic (exact) mass is 348 g/mol. The normalized spacial score (nSPS) is 12.6. The van der Waals surface area contributed by atoms with Crippen LogP contribution in [0.15, 0.2) is 22.7 Å². The highest BCUT2D eigenvalue weighted by atomic mass is 16.7. The molecule has 0 spiro atoms. The van der Waals surface area contributed by atoms with Gasteiger partial charge in [0, 0.05) is 19.2 Å². The van der Waals surface area contributed by atoms with Crippen LogP contribution >= 0.6 is 0 Å². The van der Waals surface area contributed by atoms with Crippen LogP contribution in [0.5, 0.6) is 11.5 Å². The molecular formula is C16H20N4O5. The van der Waals surface area contributed by atoms with E-state index in [0.29, 0.717) is 42.9 Å². The van der Waals surface area contributed by atoms with Gasteiger partial charge in [0.05, 0.1) is 19.7 Å². The molecule has 0 saturated heterocycles. The Bertz CT molecular complexity index is 733. The number of rotatable bonds is 8. The van der Waals surface area contributed by atoms with Crippen LogP contribution in [0.3, 0.4) is 0 Å². The summed E-state index contributed by atoms with van der Waals surface area (Å²) in [4.78, 5) is 17.9. The maximum atomic E-state index is 11.8. The molecule has 1 aliphatic rings. The summed E-state index contributed by atoms with van der Waals surface area (Å²) in [6.45, 7) is 1.78. The van der Waals surface area contributed by atoms with E-state index < -0.39 is 0 Å². The minimum absolute atomic E-state index is 0.0879. The molecule has 9 nitrogen and oxygen atoms in total. The van der Waals surface area contributed by atoms with Crippen LogP contribution in [0.25, 0.3) is 11.4 Å². The van der Waals surface area contributed by atoms with Crippen LogP contribution in [0.1, 0.15) is 5.89 Å². The lowest BCUT2D eigenvalue weighted by atomic mass is 10.2. The fraction of sp³-hybridized carbons (Fsp3) is 0.438. The molecule has 134 valence electrons. The summed E-state index contributed by atoms with van der Waals surface area (Å²) in [7, 11) is 3.39. The molecule has 2 heterocycles. The number of nitrogens with zero attached hydrogens (tertiary/aromatic N) is 3. The number of fused-ring (bicyclic) bond motifs is 1. The van der Waals surface area contributed by atoms with Crippen molar-refractivity contribution in [3.05, 3.63) is 24.1 Å². The molecule has 0 fully saturated rings. The number of hydrogen-bond donors (Lipinski definition) is 1. The standard InChI is InChI=1S/C16H20N4O5/c1-20(8-14(21)17-5-6-22-2)9-15-18-16(19-25-15)11-3-4-12-13(7-11)24-10-23-12/h3-4,7H,5-6,8-10H2,1-2H3,(H,17,21). The average Bonchev–Trinajstić information content (AvgIpc) is 3.23. The van der Waals surface area contributed by atoms with Gasteiger partial charge in [-0.2, -0.15) is 4.98 Å². The number of carbonyl (C=O) groups excluding carboxylic acids is 1. The SMILES string of the molecule is COCCNC(=O)CN(C)Cc1nc(-c2ccc3c(c2)OCO3)no1. The number of nitrogens with one attached hydrogen (secondary N) is 1. The fourth-order valence-corrected chi connectivity index (χ4v) is 2.35. The van der Waals surface area contributed by atoms with Crippen LogP contribution in [0.2, 0.25) is 0 Å². The summed E-state index contributed by atoms with van der Waals surface area (Å²) in [5.41, 5.74) is 0.777. The molecule has 0 atom stereocenters. The molecular weight excluding hydrogens is 328 g/mol. The van der Waals surface area contributed by atoms with Crippen LogP contribution in [0, 0.1) is 0 Å². The Morgan fingerprint density at radius 1 is 1.36 bits per heavy atom. The number of amides is 1. The molecule has 9 heteroatoms. The van der Waals surface area contributed by atoms with Gasteiger partial charge in [0.15, 0.2) is 11.5 Å². The van der Waals surface area contributed by atoms with Gasteiger partial charge in [0.25, 0.3) is 0 Å². The maximum absolute atomic E-state index is 11.8. The minimum atomic E-state index is -0.0879. The van der Waals surface area contributed by atoms with Gasteiger partial charge in [0.1, 0.15) is 0 Å². The summed E-state index contributed by atoms with van der Waals surface area (Å²) in [6.07, 6.45) is 0. The molecule has 1 amide bonds. The highest BCUT2D eigenvalue weighted by molar-refractivity contribution is 5.77. The van der Waals surface area contributed by atoms with Crippen molar-refractivity contribution in [2.45, 2.75) is 6.54 Å². The zero-order valence-corrected chi connectivity index (χ0v) is 14.2. The van der Waals surface area contributed by atoms with E-state index in [9.17, 15) is 4.79 Å². The zero-order valence-electron chi connectivity index (χ0n) is 14.2. The Kier molecular flexibility index (Phi) is 5.46. The molecule has 1 N–H and O–H groups in total. The molecule has 0 aliphatic carbocycles. The van der Waals surface area contributed by atoms with Gasteiger partial charge in [-0.15, -0.1) is 0 Å². The Hall–Kier alpha value is -2.65. The van der Waals surface area contributed by atoms with E-state index in [1.807, 2.05) is 18.2 Å². The molecule has 0 saturated carbocycles. The number of carbonyl (C=O) groups is 1. The first-order valence-electron chi connectivity index (χ1n) is 7.82. The molecule has 1 aromatic heterocycles. The number of ether oxygens (including phenoxy) is 3. The van der Waals surface area contributed by atoms with Crippen molar-refractivity contribution in [2.24, 2.45) is 0 Å². The number of likely N-dealkylation sites (N-methyl/N-ethyl adjacent to an activating group) is 1. The predicted molar refractivity (Wildman–Crippen MR) is 87.1 cm³/mol. The van der Waals surface area contributed by atoms with Gasteiger partial charge in [0.2, 0.25) is 24.4 Å². The quantitative estimate of drug-likeness (QED) is 0.695. The van der Waals surface area contributed by atoms with Gasteiger partial charge < -0.3 is 24.1 Å². The highest BCUT2D eigenvalue weighted by Gasteiger charge is 2.17. The van der Waals surface area contributed by atoms with Crippen molar-refractivity contribution in [3.8, 4) is 22.9 Å². The number of benzene rings is 1. The van der Waals surface area contributed by atoms with Crippen molar-refractivity contribution in [1.82, 2.24) is 20.4 Å². The zero-order chi connectivity index (χ0) is 17.6. The van der Waals surface area contributed by atoms with Crippen molar-refractivity contribution < 1.29 is 23.5 Å². The van der Waals surface area contributed by atoms with E-state index in [1.165, 1.54) is 0 Å². The maximum Gasteiger partial charge on any atom is 0.241 e. The molecule has 3 rings (SSSR count). The summed E-state index contributed by atoms with van der Waals surface area (Å²) in [5.74, 6) is 2.17. The first-order chi connectivity index (χ1) is 12.2. The molecule has 1 aliphatic heterocycles. The largest absolute Gasteiger partial charge is 0.454 e. The van der Waals surface area contributed by atoms with Gasteiger partial charge in [-0.3, -0.25) is 9.69 Å². The lowest BCUT2D eigenvalue weighted by molar-refractivity contribution is -0.122. The Morgan fingerprint density at radius 2 is 2.20 bits per heavy atom. The molecule has 0 unspecified atom stereocenters. The van der Waals surface area contributed by atoms with Crippen LogP contribution in [0.4, 0.5) is 0 Å². The van der Waals surface area contributed by atoms with E-state index in [2.05, 4.69) is 15.5 Å². The van der Waals surface area contributed by atoms with Crippen LogP contribution in [-0.2, 0) is 16.1 Å². The van der Waals surface area contributed by atoms with Crippen LogP contribution < -0.4 is 14.8 Å². The summed E-state index contributed by atoms with van der Waals surface area (Å²) in [6, 6.07) is 5.46. The smallest absolute Gasteiger partial charge is 0.241 e. The first-order valence-corrected chi connectivity index (χ1v) is 7.82. The van der Waals surface area contributed by atoms with E-state index in [1.54, 1.807) is 19.1 Å². The van der Waals surface area contributed by atoms with Crippen molar-refractivity contribution in [1.29, 1.82) is 0 Å². The number of methoxy groups -OCH3 is 1. The van der Waals surface area contributed by atoms with Crippen molar-refractivity contribution in [2.75, 3.05) is 40.6 Å². The average molecular weight is 348 g/mol. The Balaban J connectivity index is 1.55. The van der Waals surface area contributed by atoms with E-state index in [0.717, 1.165) is 5.56 Å². The summed E-state index contributed by atoms with van der Waals surface area (Å²) < 4.78 is 20.8. The first kappa shape index (κ1) is 17.2. The second-order valence-electron chi connectivity index (χ2n) is 5.59. The third kappa shape index (κ3) is 4.46. The van der Waals surface area contributed by atoms with E-state index >= 15 is 0 Å². The van der Waals surface area contributed by atoms with Crippen molar-refractivity contribution in [3.63, 3.8) is 0 Å². The van der Waals surface area contributed by atoms with Gasteiger partial charge in [-0.25, -0.2) is 0 Å². The van der Waals surface area contributed by atoms with Gasteiger partial charge in [-0.1, -0.05) is 5.16 Å². The lowest BCUT2D eigenvalue weighted by Crippen LogP contribution is -2.36. The second-order valence-corrected chi connectivity index (χ2v) is 5.59. The molecule has 25 heavy (non-hydrogen) atoms. The molecule has 0 radical (unpaired) electrons. The molecule has 0 bridgehead atoms.